The van der Waals surface area contributed by atoms with Gasteiger partial charge in [-0.25, -0.2) is 9.97 Å². The lowest BCUT2D eigenvalue weighted by atomic mass is 9.97. The van der Waals surface area contributed by atoms with Crippen molar-refractivity contribution in [2.24, 2.45) is 0 Å². The molecule has 0 aliphatic rings. The first-order valence-electron chi connectivity index (χ1n) is 21.2. The Labute approximate surface area is 361 Å². The first-order chi connectivity index (χ1) is 31.2. The van der Waals surface area contributed by atoms with Crippen molar-refractivity contribution in [1.29, 1.82) is 0 Å². The highest BCUT2D eigenvalue weighted by Gasteiger charge is 2.19. The number of fused-ring (bicyclic) bond motifs is 9. The van der Waals surface area contributed by atoms with Gasteiger partial charge in [0.1, 0.15) is 22.3 Å². The number of nitrogens with zero attached hydrogens (tertiary/aromatic N) is 3. The van der Waals surface area contributed by atoms with Crippen molar-refractivity contribution in [3.8, 4) is 61.8 Å². The number of benzene rings is 9. The second kappa shape index (κ2) is 14.0. The van der Waals surface area contributed by atoms with Gasteiger partial charge in [-0.1, -0.05) is 140 Å². The maximum absolute atomic E-state index is 6.53. The summed E-state index contributed by atoms with van der Waals surface area (Å²) >= 11 is 0. The molecule has 0 fully saturated rings. The van der Waals surface area contributed by atoms with Crippen LogP contribution in [-0.2, 0) is 0 Å². The van der Waals surface area contributed by atoms with Crippen molar-refractivity contribution in [3.63, 3.8) is 0 Å². The van der Waals surface area contributed by atoms with Crippen LogP contribution in [0.25, 0.3) is 128 Å². The molecule has 0 bridgehead atoms. The molecule has 0 atom stereocenters. The maximum atomic E-state index is 6.53. The smallest absolute Gasteiger partial charge is 0.160 e. The molecule has 0 unspecified atom stereocenters. The molecule has 9 aromatic carbocycles. The number of furan rings is 2. The molecule has 0 saturated carbocycles. The molecule has 294 valence electrons. The lowest BCUT2D eigenvalue weighted by molar-refractivity contribution is 0.668. The number of rotatable bonds is 6. The summed E-state index contributed by atoms with van der Waals surface area (Å²) in [7, 11) is 0. The van der Waals surface area contributed by atoms with Gasteiger partial charge in [-0.05, 0) is 95.1 Å². The third kappa shape index (κ3) is 5.78. The highest BCUT2D eigenvalue weighted by atomic mass is 16.3. The fourth-order valence-corrected chi connectivity index (χ4v) is 9.42. The largest absolute Gasteiger partial charge is 0.456 e. The Morgan fingerprint density at radius 2 is 0.905 bits per heavy atom. The Hall–Kier alpha value is -8.54. The van der Waals surface area contributed by atoms with E-state index in [0.29, 0.717) is 5.82 Å². The molecule has 0 radical (unpaired) electrons. The third-order valence-corrected chi connectivity index (χ3v) is 12.4. The average Bonchev–Trinajstić information content (AvgIpc) is 4.03. The van der Waals surface area contributed by atoms with Gasteiger partial charge in [0, 0.05) is 54.7 Å². The summed E-state index contributed by atoms with van der Waals surface area (Å²) in [5.74, 6) is 0.625. The lowest BCUT2D eigenvalue weighted by Gasteiger charge is -2.10. The molecule has 13 aromatic rings. The number of hydrogen-bond donors (Lipinski definition) is 0. The van der Waals surface area contributed by atoms with Gasteiger partial charge in [0.15, 0.2) is 5.82 Å². The zero-order chi connectivity index (χ0) is 41.4. The SMILES string of the molecule is c1ccc(-c2cc(-c3cccc4oc5ccc(-c6ccc(-c7ccc8c(c7)c7ccccc7n8-c7ccccc7)cc6)cc5c34)nc(-c3ccc4c(c3)oc3ccccc34)n2)cc1. The number of para-hydroxylation sites is 3. The van der Waals surface area contributed by atoms with Gasteiger partial charge in [-0.3, -0.25) is 0 Å². The van der Waals surface area contributed by atoms with E-state index in [1.54, 1.807) is 0 Å². The van der Waals surface area contributed by atoms with E-state index < -0.39 is 0 Å². The summed E-state index contributed by atoms with van der Waals surface area (Å²) in [6, 6.07) is 74.4. The molecular formula is C58H35N3O2. The predicted molar refractivity (Wildman–Crippen MR) is 258 cm³/mol. The van der Waals surface area contributed by atoms with Crippen LogP contribution >= 0.6 is 0 Å². The molecule has 0 aliphatic heterocycles. The van der Waals surface area contributed by atoms with E-state index in [9.17, 15) is 0 Å². The van der Waals surface area contributed by atoms with Crippen LogP contribution < -0.4 is 0 Å². The first kappa shape index (κ1) is 35.2. The summed E-state index contributed by atoms with van der Waals surface area (Å²) in [5, 5.41) is 6.70. The summed E-state index contributed by atoms with van der Waals surface area (Å²) in [4.78, 5) is 10.4. The molecule has 0 N–H and O–H groups in total. The molecule has 0 amide bonds. The van der Waals surface area contributed by atoms with E-state index in [1.807, 2.05) is 48.5 Å². The molecule has 0 aliphatic carbocycles. The van der Waals surface area contributed by atoms with Gasteiger partial charge >= 0.3 is 0 Å². The van der Waals surface area contributed by atoms with Gasteiger partial charge in [-0.2, -0.15) is 0 Å². The summed E-state index contributed by atoms with van der Waals surface area (Å²) in [6.07, 6.45) is 0. The van der Waals surface area contributed by atoms with E-state index in [-0.39, 0.29) is 0 Å². The van der Waals surface area contributed by atoms with Crippen molar-refractivity contribution in [2.45, 2.75) is 0 Å². The Kier molecular flexibility index (Phi) is 7.84. The molecule has 63 heavy (non-hydrogen) atoms. The van der Waals surface area contributed by atoms with Crippen molar-refractivity contribution in [2.75, 3.05) is 0 Å². The quantitative estimate of drug-likeness (QED) is 0.168. The number of hydrogen-bond acceptors (Lipinski definition) is 4. The fraction of sp³-hybridized carbons (Fsp3) is 0. The van der Waals surface area contributed by atoms with E-state index >= 15 is 0 Å². The second-order valence-electron chi connectivity index (χ2n) is 16.1. The van der Waals surface area contributed by atoms with E-state index in [0.717, 1.165) is 88.8 Å². The fourth-order valence-electron chi connectivity index (χ4n) is 9.42. The van der Waals surface area contributed by atoms with Gasteiger partial charge in [0.2, 0.25) is 0 Å². The topological polar surface area (TPSA) is 57.0 Å². The minimum absolute atomic E-state index is 0.625. The molecular weight excluding hydrogens is 771 g/mol. The van der Waals surface area contributed by atoms with Crippen LogP contribution in [0, 0.1) is 0 Å². The average molecular weight is 806 g/mol. The van der Waals surface area contributed by atoms with Crippen molar-refractivity contribution < 1.29 is 8.83 Å². The highest BCUT2D eigenvalue weighted by molar-refractivity contribution is 6.14. The first-order valence-corrected chi connectivity index (χ1v) is 21.2. The van der Waals surface area contributed by atoms with Crippen molar-refractivity contribution in [3.05, 3.63) is 212 Å². The molecule has 13 rings (SSSR count). The van der Waals surface area contributed by atoms with Gasteiger partial charge in [0.25, 0.3) is 0 Å². The van der Waals surface area contributed by atoms with Crippen molar-refractivity contribution >= 4 is 65.7 Å². The second-order valence-corrected chi connectivity index (χ2v) is 16.1. The van der Waals surface area contributed by atoms with Gasteiger partial charge in [-0.15, -0.1) is 0 Å². The van der Waals surface area contributed by atoms with Crippen LogP contribution in [0.4, 0.5) is 0 Å². The molecule has 0 spiro atoms. The minimum Gasteiger partial charge on any atom is -0.456 e. The maximum Gasteiger partial charge on any atom is 0.160 e. The Bertz CT molecular complexity index is 3900. The summed E-state index contributed by atoms with van der Waals surface area (Å²) in [6.45, 7) is 0. The van der Waals surface area contributed by atoms with E-state index in [2.05, 4.69) is 168 Å². The van der Waals surface area contributed by atoms with Crippen LogP contribution in [0.3, 0.4) is 0 Å². The Morgan fingerprint density at radius 3 is 1.73 bits per heavy atom. The van der Waals surface area contributed by atoms with Crippen molar-refractivity contribution in [1.82, 2.24) is 14.5 Å². The minimum atomic E-state index is 0.625. The third-order valence-electron chi connectivity index (χ3n) is 12.4. The van der Waals surface area contributed by atoms with Crippen LogP contribution in [0.5, 0.6) is 0 Å². The molecule has 4 heterocycles. The molecule has 0 saturated heterocycles. The normalized spacial score (nSPS) is 11.8. The van der Waals surface area contributed by atoms with Crippen LogP contribution in [0.1, 0.15) is 0 Å². The van der Waals surface area contributed by atoms with Crippen LogP contribution in [-0.4, -0.2) is 14.5 Å². The van der Waals surface area contributed by atoms with E-state index in [4.69, 9.17) is 18.8 Å². The van der Waals surface area contributed by atoms with Gasteiger partial charge < -0.3 is 13.4 Å². The molecule has 5 heteroatoms. The highest BCUT2D eigenvalue weighted by Crippen LogP contribution is 2.41. The molecule has 5 nitrogen and oxygen atoms in total. The van der Waals surface area contributed by atoms with Crippen LogP contribution in [0.15, 0.2) is 221 Å². The zero-order valence-electron chi connectivity index (χ0n) is 33.9. The lowest BCUT2D eigenvalue weighted by Crippen LogP contribution is -1.96. The molecule has 4 aromatic heterocycles. The van der Waals surface area contributed by atoms with E-state index in [1.165, 1.54) is 32.9 Å². The Balaban J connectivity index is 0.902. The Morgan fingerprint density at radius 1 is 0.317 bits per heavy atom. The zero-order valence-corrected chi connectivity index (χ0v) is 33.9. The van der Waals surface area contributed by atoms with Gasteiger partial charge in [0.05, 0.1) is 22.4 Å². The van der Waals surface area contributed by atoms with Crippen LogP contribution in [0.2, 0.25) is 0 Å². The predicted octanol–water partition coefficient (Wildman–Crippen LogP) is 15.7. The summed E-state index contributed by atoms with van der Waals surface area (Å²) < 4.78 is 15.2. The standard InChI is InChI=1S/C58H35N3O2/c1-3-12-38(13-4-1)49-35-50(60-58(59-49)41-26-29-45-44-17-8-10-20-53(44)63-56(45)34-41)46-18-11-21-55-57(46)48-33-40(28-31-54(48)62-55)37-24-22-36(23-25-37)39-27-30-52-47(32-39)43-16-7-9-19-51(43)61(52)42-14-5-2-6-15-42/h1-35H. The monoisotopic (exact) mass is 805 g/mol. The number of aromatic nitrogens is 3. The summed E-state index contributed by atoms with van der Waals surface area (Å²) in [5.41, 5.74) is 16.0.